The van der Waals surface area contributed by atoms with Crippen molar-refractivity contribution in [3.8, 4) is 17.2 Å². The van der Waals surface area contributed by atoms with Gasteiger partial charge in [0.15, 0.2) is 0 Å². The van der Waals surface area contributed by atoms with Gasteiger partial charge in [-0.05, 0) is 41.5 Å². The molecule has 148 valence electrons. The summed E-state index contributed by atoms with van der Waals surface area (Å²) in [6, 6.07) is 11.7. The van der Waals surface area contributed by atoms with Crippen LogP contribution in [0.25, 0.3) is 11.6 Å². The fourth-order valence-corrected chi connectivity index (χ4v) is 2.12. The summed E-state index contributed by atoms with van der Waals surface area (Å²) in [5.74, 6) is 0.782. The van der Waals surface area contributed by atoms with E-state index in [9.17, 15) is 9.90 Å². The molecule has 5 heteroatoms. The topological polar surface area (TPSA) is 65.0 Å². The highest BCUT2D eigenvalue weighted by atomic mass is 16.5. The molecular weight excluding hydrogens is 344 g/mol. The lowest BCUT2D eigenvalue weighted by Gasteiger charge is -2.09. The van der Waals surface area contributed by atoms with Crippen molar-refractivity contribution >= 4 is 17.6 Å². The van der Waals surface area contributed by atoms with Crippen LogP contribution in [0.5, 0.6) is 17.2 Å². The Kier molecular flexibility index (Phi) is 11.8. The van der Waals surface area contributed by atoms with Crippen LogP contribution in [0.3, 0.4) is 0 Å². The molecule has 2 rings (SSSR count). The van der Waals surface area contributed by atoms with Crippen LogP contribution in [0.2, 0.25) is 0 Å². The molecule has 0 bridgehead atoms. The van der Waals surface area contributed by atoms with E-state index in [2.05, 4.69) is 0 Å². The summed E-state index contributed by atoms with van der Waals surface area (Å²) >= 11 is 0. The van der Waals surface area contributed by atoms with E-state index in [-0.39, 0.29) is 5.75 Å². The van der Waals surface area contributed by atoms with Crippen molar-refractivity contribution < 1.29 is 24.1 Å². The summed E-state index contributed by atoms with van der Waals surface area (Å²) in [5, 5.41) is 9.63. The summed E-state index contributed by atoms with van der Waals surface area (Å²) in [6.45, 7) is 8.00. The molecule has 0 aliphatic carbocycles. The van der Waals surface area contributed by atoms with Crippen LogP contribution < -0.4 is 9.47 Å². The summed E-state index contributed by atoms with van der Waals surface area (Å²) in [6.07, 6.45) is 1.66. The van der Waals surface area contributed by atoms with Crippen LogP contribution in [-0.4, -0.2) is 32.4 Å². The van der Waals surface area contributed by atoms with E-state index in [1.165, 1.54) is 19.2 Å². The molecule has 0 fully saturated rings. The summed E-state index contributed by atoms with van der Waals surface area (Å²) in [5.41, 5.74) is 1.59. The van der Waals surface area contributed by atoms with Gasteiger partial charge in [0.05, 0.1) is 26.9 Å². The normalized spacial score (nSPS) is 9.81. The number of aromatic hydroxyl groups is 1. The number of esters is 1. The molecule has 2 aromatic carbocycles. The van der Waals surface area contributed by atoms with E-state index >= 15 is 0 Å². The highest BCUT2D eigenvalue weighted by molar-refractivity contribution is 6.21. The third-order valence-corrected chi connectivity index (χ3v) is 3.25. The second kappa shape index (κ2) is 13.3. The number of methoxy groups -OCH3 is 3. The molecular formula is C22H30O5. The Labute approximate surface area is 162 Å². The van der Waals surface area contributed by atoms with Gasteiger partial charge in [0.2, 0.25) is 0 Å². The van der Waals surface area contributed by atoms with Crippen molar-refractivity contribution in [2.75, 3.05) is 21.3 Å². The van der Waals surface area contributed by atoms with E-state index < -0.39 is 5.97 Å². The standard InChI is InChI=1S/C18H18O5.2C2H6/c1-21-15-7-12(8-16(11-15)22-2)9-17(18(20)23-3)13-5-4-6-14(19)10-13;2*1-2/h4-11,19H,1-3H3;2*1-2H3/b17-9+;;. The van der Waals surface area contributed by atoms with Crippen molar-refractivity contribution in [1.82, 2.24) is 0 Å². The predicted octanol–water partition coefficient (Wildman–Crippen LogP) is 5.18. The van der Waals surface area contributed by atoms with Crippen LogP contribution in [0.4, 0.5) is 0 Å². The first-order valence-corrected chi connectivity index (χ1v) is 8.90. The zero-order valence-electron chi connectivity index (χ0n) is 17.2. The summed E-state index contributed by atoms with van der Waals surface area (Å²) in [4.78, 5) is 12.1. The molecule has 0 heterocycles. The Morgan fingerprint density at radius 3 is 1.89 bits per heavy atom. The first-order chi connectivity index (χ1) is 13.1. The maximum atomic E-state index is 12.1. The molecule has 0 radical (unpaired) electrons. The lowest BCUT2D eigenvalue weighted by Crippen LogP contribution is -2.04. The van der Waals surface area contributed by atoms with Gasteiger partial charge in [0, 0.05) is 6.07 Å². The van der Waals surface area contributed by atoms with Crippen LogP contribution in [0.1, 0.15) is 38.8 Å². The van der Waals surface area contributed by atoms with Crippen molar-refractivity contribution in [3.05, 3.63) is 53.6 Å². The highest BCUT2D eigenvalue weighted by Gasteiger charge is 2.14. The fourth-order valence-electron chi connectivity index (χ4n) is 2.12. The largest absolute Gasteiger partial charge is 0.508 e. The van der Waals surface area contributed by atoms with Crippen molar-refractivity contribution in [2.24, 2.45) is 0 Å². The highest BCUT2D eigenvalue weighted by Crippen LogP contribution is 2.27. The number of hydrogen-bond donors (Lipinski definition) is 1. The second-order valence-electron chi connectivity index (χ2n) is 4.75. The Balaban J connectivity index is 0.00000158. The molecule has 0 aliphatic rings. The first kappa shape index (κ1) is 24.1. The molecule has 0 saturated carbocycles. The average Bonchev–Trinajstić information content (AvgIpc) is 2.74. The summed E-state index contributed by atoms with van der Waals surface area (Å²) < 4.78 is 15.3. The zero-order chi connectivity index (χ0) is 20.8. The van der Waals surface area contributed by atoms with Crippen molar-refractivity contribution in [1.29, 1.82) is 0 Å². The van der Waals surface area contributed by atoms with Gasteiger partial charge in [0.25, 0.3) is 0 Å². The van der Waals surface area contributed by atoms with Gasteiger partial charge >= 0.3 is 5.97 Å². The number of rotatable bonds is 5. The smallest absolute Gasteiger partial charge is 0.338 e. The maximum Gasteiger partial charge on any atom is 0.338 e. The van der Waals surface area contributed by atoms with Gasteiger partial charge in [0.1, 0.15) is 17.2 Å². The molecule has 0 atom stereocenters. The molecule has 0 spiro atoms. The molecule has 0 aromatic heterocycles. The number of phenolic OH excluding ortho intramolecular Hbond substituents is 1. The minimum absolute atomic E-state index is 0.0699. The average molecular weight is 374 g/mol. The minimum atomic E-state index is -0.502. The number of hydrogen-bond acceptors (Lipinski definition) is 5. The Morgan fingerprint density at radius 1 is 0.889 bits per heavy atom. The summed E-state index contributed by atoms with van der Waals surface area (Å²) in [7, 11) is 4.42. The zero-order valence-corrected chi connectivity index (χ0v) is 17.2. The Hall–Kier alpha value is -2.95. The van der Waals surface area contributed by atoms with E-state index in [0.717, 1.165) is 0 Å². The third-order valence-electron chi connectivity index (χ3n) is 3.25. The van der Waals surface area contributed by atoms with Gasteiger partial charge in [-0.2, -0.15) is 0 Å². The van der Waals surface area contributed by atoms with Gasteiger partial charge in [-0.25, -0.2) is 4.79 Å². The minimum Gasteiger partial charge on any atom is -0.508 e. The maximum absolute atomic E-state index is 12.1. The number of carbonyl (C=O) groups excluding carboxylic acids is 1. The van der Waals surface area contributed by atoms with Gasteiger partial charge in [-0.15, -0.1) is 0 Å². The SMILES string of the molecule is CC.CC.COC(=O)/C(=C/c1cc(OC)cc(OC)c1)c1cccc(O)c1. The lowest BCUT2D eigenvalue weighted by atomic mass is 10.0. The molecule has 0 aliphatic heterocycles. The van der Waals surface area contributed by atoms with E-state index in [4.69, 9.17) is 14.2 Å². The van der Waals surface area contributed by atoms with Crippen LogP contribution in [-0.2, 0) is 9.53 Å². The number of benzene rings is 2. The van der Waals surface area contributed by atoms with Gasteiger partial charge in [-0.1, -0.05) is 39.8 Å². The molecule has 0 unspecified atom stereocenters. The van der Waals surface area contributed by atoms with Crippen molar-refractivity contribution in [2.45, 2.75) is 27.7 Å². The fraction of sp³-hybridized carbons (Fsp3) is 0.318. The molecule has 0 amide bonds. The van der Waals surface area contributed by atoms with E-state index in [0.29, 0.717) is 28.2 Å². The van der Waals surface area contributed by atoms with Crippen molar-refractivity contribution in [3.63, 3.8) is 0 Å². The molecule has 2 aromatic rings. The number of ether oxygens (including phenoxy) is 3. The van der Waals surface area contributed by atoms with Gasteiger partial charge < -0.3 is 19.3 Å². The van der Waals surface area contributed by atoms with Gasteiger partial charge in [-0.3, -0.25) is 0 Å². The lowest BCUT2D eigenvalue weighted by molar-refractivity contribution is -0.133. The van der Waals surface area contributed by atoms with Crippen LogP contribution >= 0.6 is 0 Å². The monoisotopic (exact) mass is 374 g/mol. The predicted molar refractivity (Wildman–Crippen MR) is 110 cm³/mol. The molecule has 5 nitrogen and oxygen atoms in total. The second-order valence-corrected chi connectivity index (χ2v) is 4.75. The molecule has 0 saturated heterocycles. The Bertz CT molecular complexity index is 713. The van der Waals surface area contributed by atoms with Crippen LogP contribution in [0.15, 0.2) is 42.5 Å². The molecule has 1 N–H and O–H groups in total. The van der Waals surface area contributed by atoms with E-state index in [1.807, 2.05) is 27.7 Å². The number of phenols is 1. The Morgan fingerprint density at radius 2 is 1.44 bits per heavy atom. The third kappa shape index (κ3) is 7.44. The van der Waals surface area contributed by atoms with Crippen LogP contribution in [0, 0.1) is 0 Å². The van der Waals surface area contributed by atoms with E-state index in [1.54, 1.807) is 50.6 Å². The quantitative estimate of drug-likeness (QED) is 0.444. The number of carbonyl (C=O) groups is 1. The molecule has 27 heavy (non-hydrogen) atoms. The first-order valence-electron chi connectivity index (χ1n) is 8.90.